The minimum absolute atomic E-state index is 0.668. The van der Waals surface area contributed by atoms with Crippen LogP contribution in [0.25, 0.3) is 0 Å². The van der Waals surface area contributed by atoms with Crippen LogP contribution in [0.3, 0.4) is 0 Å². The molecule has 2 heteroatoms. The molecule has 0 radical (unpaired) electrons. The van der Waals surface area contributed by atoms with E-state index in [0.29, 0.717) is 6.04 Å². The summed E-state index contributed by atoms with van der Waals surface area (Å²) in [7, 11) is 0. The third-order valence-electron chi connectivity index (χ3n) is 3.47. The maximum atomic E-state index is 3.55. The standard InChI is InChI=1S/C13H28N2/c1-4-5-6-8-13(3)15-10-7-9-14-12(2)11-15/h12-14H,4-11H2,1-3H3. The van der Waals surface area contributed by atoms with Crippen molar-refractivity contribution in [2.75, 3.05) is 19.6 Å². The van der Waals surface area contributed by atoms with Crippen molar-refractivity contribution in [1.82, 2.24) is 10.2 Å². The lowest BCUT2D eigenvalue weighted by Gasteiger charge is -2.29. The SMILES string of the molecule is CCCCCC(C)N1CCCNC(C)C1. The van der Waals surface area contributed by atoms with Crippen molar-refractivity contribution in [2.45, 2.75) is 65.0 Å². The summed E-state index contributed by atoms with van der Waals surface area (Å²) in [6.07, 6.45) is 6.82. The molecule has 0 aromatic carbocycles. The van der Waals surface area contributed by atoms with E-state index in [1.54, 1.807) is 0 Å². The van der Waals surface area contributed by atoms with E-state index >= 15 is 0 Å². The van der Waals surface area contributed by atoms with Gasteiger partial charge in [-0.15, -0.1) is 0 Å². The van der Waals surface area contributed by atoms with Crippen LogP contribution < -0.4 is 5.32 Å². The molecule has 1 N–H and O–H groups in total. The van der Waals surface area contributed by atoms with Gasteiger partial charge < -0.3 is 5.32 Å². The van der Waals surface area contributed by atoms with E-state index < -0.39 is 0 Å². The number of nitrogens with one attached hydrogen (secondary N) is 1. The Labute approximate surface area is 95.4 Å². The summed E-state index contributed by atoms with van der Waals surface area (Å²) in [6.45, 7) is 10.7. The molecule has 90 valence electrons. The van der Waals surface area contributed by atoms with Gasteiger partial charge in [-0.1, -0.05) is 26.2 Å². The van der Waals surface area contributed by atoms with E-state index in [4.69, 9.17) is 0 Å². The second kappa shape index (κ2) is 7.24. The number of hydrogen-bond donors (Lipinski definition) is 1. The molecule has 1 aliphatic heterocycles. The van der Waals surface area contributed by atoms with Gasteiger partial charge in [-0.25, -0.2) is 0 Å². The van der Waals surface area contributed by atoms with E-state index in [1.165, 1.54) is 51.7 Å². The zero-order valence-electron chi connectivity index (χ0n) is 10.8. The first-order chi connectivity index (χ1) is 7.24. The topological polar surface area (TPSA) is 15.3 Å². The first kappa shape index (κ1) is 13.0. The van der Waals surface area contributed by atoms with Crippen molar-refractivity contribution in [3.05, 3.63) is 0 Å². The van der Waals surface area contributed by atoms with Crippen LogP contribution in [0.15, 0.2) is 0 Å². The normalized spacial score (nSPS) is 26.2. The molecule has 0 saturated carbocycles. The molecule has 1 aliphatic rings. The van der Waals surface area contributed by atoms with Gasteiger partial charge in [0.15, 0.2) is 0 Å². The van der Waals surface area contributed by atoms with Crippen LogP contribution in [0.2, 0.25) is 0 Å². The van der Waals surface area contributed by atoms with Gasteiger partial charge >= 0.3 is 0 Å². The minimum atomic E-state index is 0.668. The molecule has 0 bridgehead atoms. The molecule has 2 nitrogen and oxygen atoms in total. The molecule has 1 heterocycles. The van der Waals surface area contributed by atoms with E-state index in [9.17, 15) is 0 Å². The van der Waals surface area contributed by atoms with Gasteiger partial charge in [0.05, 0.1) is 0 Å². The Morgan fingerprint density at radius 1 is 1.40 bits per heavy atom. The molecule has 15 heavy (non-hydrogen) atoms. The van der Waals surface area contributed by atoms with E-state index in [2.05, 4.69) is 31.0 Å². The first-order valence-corrected chi connectivity index (χ1v) is 6.71. The second-order valence-corrected chi connectivity index (χ2v) is 5.05. The van der Waals surface area contributed by atoms with Gasteiger partial charge in [0.1, 0.15) is 0 Å². The largest absolute Gasteiger partial charge is 0.313 e. The Kier molecular flexibility index (Phi) is 6.26. The van der Waals surface area contributed by atoms with Gasteiger partial charge in [-0.05, 0) is 39.8 Å². The Bertz CT molecular complexity index is 159. The summed E-state index contributed by atoms with van der Waals surface area (Å²) in [4.78, 5) is 2.67. The highest BCUT2D eigenvalue weighted by Crippen LogP contribution is 2.12. The quantitative estimate of drug-likeness (QED) is 0.705. The molecule has 1 rings (SSSR count). The van der Waals surface area contributed by atoms with Crippen molar-refractivity contribution in [3.63, 3.8) is 0 Å². The molecule has 0 aromatic rings. The zero-order valence-corrected chi connectivity index (χ0v) is 10.8. The van der Waals surface area contributed by atoms with Crippen molar-refractivity contribution >= 4 is 0 Å². The predicted octanol–water partition coefficient (Wildman–Crippen LogP) is 2.64. The first-order valence-electron chi connectivity index (χ1n) is 6.71. The number of nitrogens with zero attached hydrogens (tertiary/aromatic N) is 1. The highest BCUT2D eigenvalue weighted by Gasteiger charge is 2.18. The summed E-state index contributed by atoms with van der Waals surface area (Å²) in [5, 5.41) is 3.55. The smallest absolute Gasteiger partial charge is 0.0166 e. The molecule has 2 atom stereocenters. The maximum Gasteiger partial charge on any atom is 0.0166 e. The molecule has 1 saturated heterocycles. The molecule has 0 spiro atoms. The van der Waals surface area contributed by atoms with Crippen LogP contribution in [0.4, 0.5) is 0 Å². The fourth-order valence-corrected chi connectivity index (χ4v) is 2.41. The van der Waals surface area contributed by atoms with Gasteiger partial charge in [0.25, 0.3) is 0 Å². The van der Waals surface area contributed by atoms with E-state index in [1.807, 2.05) is 0 Å². The highest BCUT2D eigenvalue weighted by molar-refractivity contribution is 4.76. The fourth-order valence-electron chi connectivity index (χ4n) is 2.41. The molecule has 1 fully saturated rings. The van der Waals surface area contributed by atoms with E-state index in [-0.39, 0.29) is 0 Å². The van der Waals surface area contributed by atoms with Crippen molar-refractivity contribution < 1.29 is 0 Å². The van der Waals surface area contributed by atoms with E-state index in [0.717, 1.165) is 6.04 Å². The van der Waals surface area contributed by atoms with Gasteiger partial charge in [0.2, 0.25) is 0 Å². The summed E-state index contributed by atoms with van der Waals surface area (Å²) in [5.41, 5.74) is 0. The lowest BCUT2D eigenvalue weighted by atomic mass is 10.1. The Morgan fingerprint density at radius 2 is 2.20 bits per heavy atom. The molecule has 0 amide bonds. The molecular formula is C13H28N2. The third kappa shape index (κ3) is 4.98. The summed E-state index contributed by atoms with van der Waals surface area (Å²) in [5.74, 6) is 0. The Hall–Kier alpha value is -0.0800. The Morgan fingerprint density at radius 3 is 2.93 bits per heavy atom. The summed E-state index contributed by atoms with van der Waals surface area (Å²) in [6, 6.07) is 1.44. The fraction of sp³-hybridized carbons (Fsp3) is 1.00. The third-order valence-corrected chi connectivity index (χ3v) is 3.47. The minimum Gasteiger partial charge on any atom is -0.313 e. The monoisotopic (exact) mass is 212 g/mol. The average Bonchev–Trinajstić information content (AvgIpc) is 2.43. The number of hydrogen-bond acceptors (Lipinski definition) is 2. The Balaban J connectivity index is 2.26. The predicted molar refractivity (Wildman–Crippen MR) is 67.3 cm³/mol. The van der Waals surface area contributed by atoms with Crippen molar-refractivity contribution in [3.8, 4) is 0 Å². The van der Waals surface area contributed by atoms with Crippen LogP contribution in [0.1, 0.15) is 52.9 Å². The molecular weight excluding hydrogens is 184 g/mol. The van der Waals surface area contributed by atoms with Gasteiger partial charge in [-0.2, -0.15) is 0 Å². The average molecular weight is 212 g/mol. The van der Waals surface area contributed by atoms with Crippen LogP contribution in [-0.4, -0.2) is 36.6 Å². The van der Waals surface area contributed by atoms with Crippen molar-refractivity contribution in [2.24, 2.45) is 0 Å². The number of rotatable bonds is 5. The summed E-state index contributed by atoms with van der Waals surface area (Å²) < 4.78 is 0. The van der Waals surface area contributed by atoms with Crippen LogP contribution in [0.5, 0.6) is 0 Å². The second-order valence-electron chi connectivity index (χ2n) is 5.05. The van der Waals surface area contributed by atoms with Crippen molar-refractivity contribution in [1.29, 1.82) is 0 Å². The summed E-state index contributed by atoms with van der Waals surface area (Å²) >= 11 is 0. The molecule has 0 aromatic heterocycles. The molecule has 0 aliphatic carbocycles. The maximum absolute atomic E-state index is 3.55. The lowest BCUT2D eigenvalue weighted by molar-refractivity contribution is 0.196. The number of unbranched alkanes of at least 4 members (excludes halogenated alkanes) is 2. The zero-order chi connectivity index (χ0) is 11.1. The van der Waals surface area contributed by atoms with Gasteiger partial charge in [0, 0.05) is 18.6 Å². The highest BCUT2D eigenvalue weighted by atomic mass is 15.2. The van der Waals surface area contributed by atoms with Crippen LogP contribution >= 0.6 is 0 Å². The molecule has 2 unspecified atom stereocenters. The van der Waals surface area contributed by atoms with Crippen LogP contribution in [0, 0.1) is 0 Å². The van der Waals surface area contributed by atoms with Gasteiger partial charge in [-0.3, -0.25) is 4.90 Å². The van der Waals surface area contributed by atoms with Crippen LogP contribution in [-0.2, 0) is 0 Å². The lowest BCUT2D eigenvalue weighted by Crippen LogP contribution is -2.40.